The van der Waals surface area contributed by atoms with Gasteiger partial charge in [-0.05, 0) is 36.4 Å². The Bertz CT molecular complexity index is 999. The molecule has 0 radical (unpaired) electrons. The van der Waals surface area contributed by atoms with Crippen molar-refractivity contribution >= 4 is 35.0 Å². The number of thioether (sulfide) groups is 1. The monoisotopic (exact) mass is 423 g/mol. The van der Waals surface area contributed by atoms with Gasteiger partial charge in [0.1, 0.15) is 5.82 Å². The van der Waals surface area contributed by atoms with Gasteiger partial charge in [-0.25, -0.2) is 4.39 Å². The summed E-state index contributed by atoms with van der Waals surface area (Å²) in [5.74, 6) is 0.585. The Morgan fingerprint density at radius 2 is 1.96 bits per heavy atom. The quantitative estimate of drug-likeness (QED) is 0.567. The highest BCUT2D eigenvalue weighted by molar-refractivity contribution is 7.99. The maximum atomic E-state index is 13.0. The third-order valence-corrected chi connectivity index (χ3v) is 4.70. The van der Waals surface area contributed by atoms with Gasteiger partial charge >= 0.3 is 0 Å². The van der Waals surface area contributed by atoms with E-state index in [0.29, 0.717) is 22.7 Å². The lowest BCUT2D eigenvalue weighted by Gasteiger charge is -2.07. The van der Waals surface area contributed by atoms with E-state index in [-0.39, 0.29) is 27.8 Å². The van der Waals surface area contributed by atoms with Crippen molar-refractivity contribution in [2.24, 2.45) is 0 Å². The van der Waals surface area contributed by atoms with Crippen LogP contribution in [0.15, 0.2) is 46.0 Å². The lowest BCUT2D eigenvalue weighted by Crippen LogP contribution is -2.14. The number of nitrogens with zero attached hydrogens (tertiary/aromatic N) is 2. The summed E-state index contributed by atoms with van der Waals surface area (Å²) < 4.78 is 29.1. The van der Waals surface area contributed by atoms with Crippen molar-refractivity contribution in [3.05, 3.63) is 47.2 Å². The molecule has 28 heavy (non-hydrogen) atoms. The number of benzene rings is 2. The van der Waals surface area contributed by atoms with Gasteiger partial charge < -0.3 is 19.2 Å². The summed E-state index contributed by atoms with van der Waals surface area (Å²) in [6.45, 7) is 0. The van der Waals surface area contributed by atoms with Crippen LogP contribution in [0.2, 0.25) is 5.02 Å². The van der Waals surface area contributed by atoms with Crippen LogP contribution in [0.1, 0.15) is 0 Å². The summed E-state index contributed by atoms with van der Waals surface area (Å²) in [7, 11) is 3.08. The number of amides is 1. The van der Waals surface area contributed by atoms with Crippen molar-refractivity contribution < 1.29 is 23.1 Å². The lowest BCUT2D eigenvalue weighted by atomic mass is 10.2. The Balaban J connectivity index is 1.62. The molecule has 0 saturated heterocycles. The number of anilines is 1. The molecule has 3 rings (SSSR count). The van der Waals surface area contributed by atoms with E-state index in [1.807, 2.05) is 0 Å². The minimum absolute atomic E-state index is 0.0152. The maximum Gasteiger partial charge on any atom is 0.277 e. The van der Waals surface area contributed by atoms with E-state index < -0.39 is 5.82 Å². The molecule has 1 N–H and O–H groups in total. The van der Waals surface area contributed by atoms with E-state index in [9.17, 15) is 9.18 Å². The molecule has 3 aromatic rings. The molecule has 7 nitrogen and oxygen atoms in total. The van der Waals surface area contributed by atoms with Gasteiger partial charge in [0.05, 0.1) is 30.7 Å². The van der Waals surface area contributed by atoms with E-state index in [4.69, 9.17) is 25.5 Å². The molecule has 1 heterocycles. The Morgan fingerprint density at radius 3 is 2.68 bits per heavy atom. The first-order chi connectivity index (χ1) is 13.5. The predicted octanol–water partition coefficient (Wildman–Crippen LogP) is 4.28. The number of hydrogen-bond acceptors (Lipinski definition) is 7. The second-order valence-electron chi connectivity index (χ2n) is 5.40. The first-order valence-corrected chi connectivity index (χ1v) is 9.30. The van der Waals surface area contributed by atoms with E-state index in [2.05, 4.69) is 15.5 Å². The molecule has 0 fully saturated rings. The van der Waals surface area contributed by atoms with Crippen LogP contribution in [-0.4, -0.2) is 36.1 Å². The third-order valence-electron chi connectivity index (χ3n) is 3.57. The molecule has 10 heteroatoms. The molecule has 0 unspecified atom stereocenters. The van der Waals surface area contributed by atoms with Crippen molar-refractivity contribution in [3.63, 3.8) is 0 Å². The highest BCUT2D eigenvalue weighted by Gasteiger charge is 2.14. The molecule has 146 valence electrons. The van der Waals surface area contributed by atoms with Gasteiger partial charge in [-0.15, -0.1) is 10.2 Å². The predicted molar refractivity (Wildman–Crippen MR) is 104 cm³/mol. The SMILES string of the molecule is COc1ccc(-c2nnc(SCC(=O)Nc3ccc(F)cc3Cl)o2)cc1OC. The van der Waals surface area contributed by atoms with Crippen LogP contribution in [-0.2, 0) is 4.79 Å². The van der Waals surface area contributed by atoms with Crippen LogP contribution in [0.25, 0.3) is 11.5 Å². The van der Waals surface area contributed by atoms with Gasteiger partial charge in [-0.2, -0.15) is 0 Å². The summed E-state index contributed by atoms with van der Waals surface area (Å²) in [5, 5.41) is 10.8. The number of methoxy groups -OCH3 is 2. The first kappa shape index (κ1) is 20.0. The maximum absolute atomic E-state index is 13.0. The number of rotatable bonds is 7. The fraction of sp³-hybridized carbons (Fsp3) is 0.167. The van der Waals surface area contributed by atoms with Crippen molar-refractivity contribution in [3.8, 4) is 23.0 Å². The molecular weight excluding hydrogens is 409 g/mol. The minimum atomic E-state index is -0.481. The number of carbonyl (C=O) groups is 1. The summed E-state index contributed by atoms with van der Waals surface area (Å²) in [6, 6.07) is 8.92. The van der Waals surface area contributed by atoms with Crippen LogP contribution >= 0.6 is 23.4 Å². The number of carbonyl (C=O) groups excluding carboxylic acids is 1. The molecule has 1 aromatic heterocycles. The normalized spacial score (nSPS) is 10.6. The van der Waals surface area contributed by atoms with E-state index in [1.165, 1.54) is 19.2 Å². The van der Waals surface area contributed by atoms with Gasteiger partial charge in [0, 0.05) is 5.56 Å². The fourth-order valence-electron chi connectivity index (χ4n) is 2.26. The van der Waals surface area contributed by atoms with E-state index in [0.717, 1.165) is 17.8 Å². The zero-order chi connectivity index (χ0) is 20.1. The van der Waals surface area contributed by atoms with Crippen molar-refractivity contribution in [2.45, 2.75) is 5.22 Å². The number of aromatic nitrogens is 2. The highest BCUT2D eigenvalue weighted by atomic mass is 35.5. The van der Waals surface area contributed by atoms with Crippen molar-refractivity contribution in [1.82, 2.24) is 10.2 Å². The Hall–Kier alpha value is -2.78. The lowest BCUT2D eigenvalue weighted by molar-refractivity contribution is -0.113. The molecule has 0 aliphatic heterocycles. The van der Waals surface area contributed by atoms with Crippen LogP contribution in [0, 0.1) is 5.82 Å². The van der Waals surface area contributed by atoms with Crippen LogP contribution in [0.4, 0.5) is 10.1 Å². The second kappa shape index (κ2) is 8.94. The van der Waals surface area contributed by atoms with E-state index >= 15 is 0 Å². The molecule has 0 aliphatic rings. The fourth-order valence-corrected chi connectivity index (χ4v) is 3.04. The Kier molecular flexibility index (Phi) is 6.37. The molecule has 2 aromatic carbocycles. The molecule has 0 bridgehead atoms. The largest absolute Gasteiger partial charge is 0.493 e. The molecular formula is C18H15ClFN3O4S. The van der Waals surface area contributed by atoms with E-state index in [1.54, 1.807) is 25.3 Å². The highest BCUT2D eigenvalue weighted by Crippen LogP contribution is 2.32. The number of ether oxygens (including phenoxy) is 2. The van der Waals surface area contributed by atoms with Gasteiger partial charge in [-0.1, -0.05) is 23.4 Å². The van der Waals surface area contributed by atoms with Gasteiger partial charge in [0.25, 0.3) is 5.22 Å². The third kappa shape index (κ3) is 4.73. The average molecular weight is 424 g/mol. The zero-order valence-electron chi connectivity index (χ0n) is 14.9. The summed E-state index contributed by atoms with van der Waals surface area (Å²) in [5.41, 5.74) is 0.977. The number of hydrogen-bond donors (Lipinski definition) is 1. The standard InChI is InChI=1S/C18H15ClFN3O4S/c1-25-14-6-3-10(7-15(14)26-2)17-22-23-18(27-17)28-9-16(24)21-13-5-4-11(20)8-12(13)19/h3-8H,9H2,1-2H3,(H,21,24). The minimum Gasteiger partial charge on any atom is -0.493 e. The topological polar surface area (TPSA) is 86.5 Å². The number of nitrogens with one attached hydrogen (secondary N) is 1. The van der Waals surface area contributed by atoms with Crippen LogP contribution in [0.5, 0.6) is 11.5 Å². The number of halogens is 2. The summed E-state index contributed by atoms with van der Waals surface area (Å²) in [6.07, 6.45) is 0. The van der Waals surface area contributed by atoms with Gasteiger partial charge in [0.15, 0.2) is 11.5 Å². The average Bonchev–Trinajstić information content (AvgIpc) is 3.17. The van der Waals surface area contributed by atoms with Crippen LogP contribution in [0.3, 0.4) is 0 Å². The molecule has 0 atom stereocenters. The summed E-state index contributed by atoms with van der Waals surface area (Å²) in [4.78, 5) is 12.0. The molecule has 0 spiro atoms. The Labute approximate surface area is 169 Å². The molecule has 1 amide bonds. The molecule has 0 aliphatic carbocycles. The van der Waals surface area contributed by atoms with Gasteiger partial charge in [-0.3, -0.25) is 4.79 Å². The first-order valence-electron chi connectivity index (χ1n) is 7.93. The zero-order valence-corrected chi connectivity index (χ0v) is 16.4. The molecule has 0 saturated carbocycles. The Morgan fingerprint density at radius 1 is 1.18 bits per heavy atom. The summed E-state index contributed by atoms with van der Waals surface area (Å²) >= 11 is 6.95. The van der Waals surface area contributed by atoms with Crippen molar-refractivity contribution in [1.29, 1.82) is 0 Å². The second-order valence-corrected chi connectivity index (χ2v) is 6.74. The smallest absolute Gasteiger partial charge is 0.277 e. The van der Waals surface area contributed by atoms with Crippen molar-refractivity contribution in [2.75, 3.05) is 25.3 Å². The van der Waals surface area contributed by atoms with Crippen LogP contribution < -0.4 is 14.8 Å². The van der Waals surface area contributed by atoms with Gasteiger partial charge in [0.2, 0.25) is 11.8 Å².